The van der Waals surface area contributed by atoms with Gasteiger partial charge in [-0.15, -0.1) is 24.0 Å². The predicted molar refractivity (Wildman–Crippen MR) is 117 cm³/mol. The Morgan fingerprint density at radius 2 is 1.39 bits per heavy atom. The summed E-state index contributed by atoms with van der Waals surface area (Å²) in [6, 6.07) is 0. The van der Waals surface area contributed by atoms with Gasteiger partial charge in [-0.1, -0.05) is 83.9 Å². The molecule has 0 fully saturated rings. The number of aliphatic imine (C=N–C) groups is 1. The van der Waals surface area contributed by atoms with Crippen LogP contribution in [0.5, 0.6) is 0 Å². The van der Waals surface area contributed by atoms with Crippen LogP contribution in [-0.4, -0.2) is 24.0 Å². The van der Waals surface area contributed by atoms with E-state index in [1.807, 2.05) is 11.8 Å². The lowest BCUT2D eigenvalue weighted by molar-refractivity contribution is -0.00000482. The molecule has 0 aromatic rings. The van der Waals surface area contributed by atoms with Crippen molar-refractivity contribution in [3.05, 3.63) is 0 Å². The zero-order valence-electron chi connectivity index (χ0n) is 16.5. The van der Waals surface area contributed by atoms with E-state index in [9.17, 15) is 0 Å². The van der Waals surface area contributed by atoms with Crippen molar-refractivity contribution in [3.8, 4) is 0 Å². The number of halogens is 2. The third-order valence-corrected chi connectivity index (χ3v) is 4.68. The Kier molecular flexibility index (Phi) is 32.2. The topological polar surface area (TPSA) is 24.4 Å². The van der Waals surface area contributed by atoms with Crippen LogP contribution in [0.15, 0.2) is 4.99 Å². The van der Waals surface area contributed by atoms with Gasteiger partial charge >= 0.3 is 1.43 Å². The van der Waals surface area contributed by atoms with Crippen LogP contribution in [0.4, 0.5) is 0 Å². The van der Waals surface area contributed by atoms with Crippen molar-refractivity contribution in [2.24, 2.45) is 4.99 Å². The first-order valence-electron chi connectivity index (χ1n) is 9.26. The second kappa shape index (κ2) is 25.5. The summed E-state index contributed by atoms with van der Waals surface area (Å²) >= 11 is 1.90. The van der Waals surface area contributed by atoms with Gasteiger partial charge in [0.05, 0.1) is 0 Å². The number of hydrogen-bond acceptors (Lipinski definition) is 2. The van der Waals surface area contributed by atoms with E-state index in [2.05, 4.69) is 26.1 Å². The molecule has 0 aromatic heterocycles. The fourth-order valence-corrected chi connectivity index (χ4v) is 2.96. The minimum absolute atomic E-state index is 0. The monoisotopic (exact) mass is 570 g/mol. The first-order valence-corrected chi connectivity index (χ1v) is 10.2. The number of nitrogens with one attached hydrogen (secondary N) is 1. The molecule has 142 valence electrons. The summed E-state index contributed by atoms with van der Waals surface area (Å²) in [6.07, 6.45) is 14.6. The van der Waals surface area contributed by atoms with Crippen LogP contribution in [-0.2, 0) is 0 Å². The maximum atomic E-state index is 4.76. The number of amidine groups is 1. The highest BCUT2D eigenvalue weighted by molar-refractivity contribution is 14.0. The number of hydrogen-bond donors (Lipinski definition) is 1. The summed E-state index contributed by atoms with van der Waals surface area (Å²) in [5.41, 5.74) is 0. The van der Waals surface area contributed by atoms with Gasteiger partial charge in [0.2, 0.25) is 0 Å². The standard InChI is InChI=1S/C18H38N2S.2HI/c1-4-7-9-11-13-15-19-18(21-17-6-3)20-16-14-12-10-8-5-2;;/h4-17H2,1-3H3,(H,19,20);2*1H. The second-order valence-electron chi connectivity index (χ2n) is 5.79. The van der Waals surface area contributed by atoms with E-state index < -0.39 is 0 Å². The van der Waals surface area contributed by atoms with Gasteiger partial charge in [-0.25, -0.2) is 0 Å². The van der Waals surface area contributed by atoms with Gasteiger partial charge < -0.3 is 29.3 Å². The average Bonchev–Trinajstić information content (AvgIpc) is 2.50. The molecule has 0 heterocycles. The van der Waals surface area contributed by atoms with E-state index in [1.54, 1.807) is 0 Å². The number of unbranched alkanes of at least 4 members (excludes halogenated alkanes) is 8. The molecule has 0 rings (SSSR count). The second-order valence-corrected chi connectivity index (χ2v) is 6.87. The Labute approximate surface area is 185 Å². The molecule has 0 aliphatic rings. The van der Waals surface area contributed by atoms with Crippen molar-refractivity contribution in [1.82, 2.24) is 5.32 Å². The third kappa shape index (κ3) is 23.3. The minimum atomic E-state index is 0. The van der Waals surface area contributed by atoms with Gasteiger partial charge in [-0.3, -0.25) is 4.99 Å². The highest BCUT2D eigenvalue weighted by atomic mass is 127. The van der Waals surface area contributed by atoms with Crippen molar-refractivity contribution in [1.29, 1.82) is 0 Å². The van der Waals surface area contributed by atoms with E-state index in [1.165, 1.54) is 81.5 Å². The van der Waals surface area contributed by atoms with Crippen LogP contribution in [0.1, 0.15) is 92.8 Å². The molecule has 2 nitrogen and oxygen atoms in total. The molecular weight excluding hydrogens is 530 g/mol. The molecule has 1 N–H and O–H groups in total. The summed E-state index contributed by atoms with van der Waals surface area (Å²) in [7, 11) is 0. The molecule has 0 unspecified atom stereocenters. The number of thioether (sulfide) groups is 1. The van der Waals surface area contributed by atoms with Gasteiger partial charge in [-0.2, -0.15) is 0 Å². The summed E-state index contributed by atoms with van der Waals surface area (Å²) in [4.78, 5) is 4.76. The Bertz CT molecular complexity index is 245. The van der Waals surface area contributed by atoms with E-state index in [0.29, 0.717) is 0 Å². The van der Waals surface area contributed by atoms with Crippen molar-refractivity contribution >= 4 is 40.9 Å². The molecular formula is C18H40I2N2S. The van der Waals surface area contributed by atoms with E-state index >= 15 is 0 Å². The van der Waals surface area contributed by atoms with E-state index in [0.717, 1.165) is 13.1 Å². The van der Waals surface area contributed by atoms with Crippen LogP contribution in [0.2, 0.25) is 0 Å². The highest BCUT2D eigenvalue weighted by Gasteiger charge is 1.99. The summed E-state index contributed by atoms with van der Waals surface area (Å²) < 4.78 is 0. The molecule has 0 saturated heterocycles. The normalized spacial score (nSPS) is 10.8. The Balaban J connectivity index is -0.000000667. The lowest BCUT2D eigenvalue weighted by atomic mass is 10.1. The third-order valence-electron chi connectivity index (χ3n) is 3.52. The summed E-state index contributed by atoms with van der Waals surface area (Å²) in [5, 5.41) is 4.73. The van der Waals surface area contributed by atoms with Crippen molar-refractivity contribution in [3.63, 3.8) is 0 Å². The summed E-state index contributed by atoms with van der Waals surface area (Å²) in [6.45, 7) is 8.86. The lowest BCUT2D eigenvalue weighted by Crippen LogP contribution is -3.00. The van der Waals surface area contributed by atoms with E-state index in [-0.39, 0.29) is 49.4 Å². The maximum Gasteiger partial charge on any atom is 1.00 e. The zero-order chi connectivity index (χ0) is 15.6. The quantitative estimate of drug-likeness (QED) is 0.149. The Hall–Kier alpha value is 1.28. The largest absolute Gasteiger partial charge is 1.00 e. The van der Waals surface area contributed by atoms with Crippen molar-refractivity contribution in [2.45, 2.75) is 91.4 Å². The molecule has 0 bridgehead atoms. The first-order chi connectivity index (χ1) is 10.3. The Morgan fingerprint density at radius 3 is 1.96 bits per heavy atom. The van der Waals surface area contributed by atoms with Gasteiger partial charge in [0.15, 0.2) is 5.17 Å². The predicted octanol–water partition coefficient (Wildman–Crippen LogP) is 3.75. The fourth-order valence-electron chi connectivity index (χ4n) is 2.17. The Morgan fingerprint density at radius 1 is 0.826 bits per heavy atom. The van der Waals surface area contributed by atoms with Crippen LogP contribution >= 0.6 is 35.7 Å². The molecule has 0 amide bonds. The van der Waals surface area contributed by atoms with Crippen molar-refractivity contribution in [2.75, 3.05) is 18.8 Å². The van der Waals surface area contributed by atoms with Gasteiger partial charge in [0.1, 0.15) is 0 Å². The molecule has 23 heavy (non-hydrogen) atoms. The van der Waals surface area contributed by atoms with Gasteiger partial charge in [0, 0.05) is 18.8 Å². The fraction of sp³-hybridized carbons (Fsp3) is 0.944. The molecule has 0 aromatic carbocycles. The molecule has 5 heteroatoms. The smallest absolute Gasteiger partial charge is 1.00 e. The van der Waals surface area contributed by atoms with Crippen LogP contribution in [0.25, 0.3) is 0 Å². The number of rotatable bonds is 14. The average molecular weight is 570 g/mol. The maximum absolute atomic E-state index is 4.76. The van der Waals surface area contributed by atoms with Crippen LogP contribution in [0, 0.1) is 0 Å². The number of nitrogens with zero attached hydrogens (tertiary/aromatic N) is 1. The van der Waals surface area contributed by atoms with Gasteiger partial charge in [-0.05, 0) is 19.3 Å². The van der Waals surface area contributed by atoms with Crippen LogP contribution in [0.3, 0.4) is 0 Å². The first kappa shape index (κ1) is 29.1. The van der Waals surface area contributed by atoms with Gasteiger partial charge in [0.25, 0.3) is 0 Å². The molecule has 0 aliphatic carbocycles. The molecule has 0 aliphatic heterocycles. The molecule has 0 saturated carbocycles. The SMILES string of the molecule is CCCCCCCN=C(NCCCCCCC)SCCC.I.[H+].[I-]. The lowest BCUT2D eigenvalue weighted by Gasteiger charge is -2.09. The van der Waals surface area contributed by atoms with E-state index in [4.69, 9.17) is 4.99 Å². The molecule has 0 spiro atoms. The molecule has 0 radical (unpaired) electrons. The molecule has 0 atom stereocenters. The zero-order valence-corrected chi connectivity index (χ0v) is 20.8. The van der Waals surface area contributed by atoms with Crippen LogP contribution < -0.4 is 29.3 Å². The minimum Gasteiger partial charge on any atom is -1.00 e. The summed E-state index contributed by atoms with van der Waals surface area (Å²) in [5.74, 6) is 1.18. The highest BCUT2D eigenvalue weighted by Crippen LogP contribution is 2.07. The van der Waals surface area contributed by atoms with Crippen molar-refractivity contribution < 1.29 is 25.4 Å².